The van der Waals surface area contributed by atoms with Gasteiger partial charge in [-0.1, -0.05) is 119 Å². The summed E-state index contributed by atoms with van der Waals surface area (Å²) in [4.78, 5) is 0. The topological polar surface area (TPSA) is 0 Å². The molecule has 0 aromatic heterocycles. The van der Waals surface area contributed by atoms with E-state index in [1.807, 2.05) is 0 Å². The molecule has 0 radical (unpaired) electrons. The molecule has 0 spiro atoms. The van der Waals surface area contributed by atoms with Gasteiger partial charge in [0.1, 0.15) is 5.69 Å². The number of rotatable bonds is 26. The van der Waals surface area contributed by atoms with Crippen LogP contribution in [0.25, 0.3) is 0 Å². The number of nitrogens with zero attached hydrogens (tertiary/aromatic N) is 1. The van der Waals surface area contributed by atoms with Gasteiger partial charge in [0.05, 0.1) is 19.6 Å². The van der Waals surface area contributed by atoms with E-state index in [2.05, 4.69) is 100 Å². The van der Waals surface area contributed by atoms with Crippen LogP contribution >= 0.6 is 0 Å². The van der Waals surface area contributed by atoms with E-state index in [-0.39, 0.29) is 0 Å². The quantitative estimate of drug-likeness (QED) is 0.0930. The van der Waals surface area contributed by atoms with Gasteiger partial charge in [0.15, 0.2) is 0 Å². The van der Waals surface area contributed by atoms with Crippen LogP contribution in [0.15, 0.2) is 24.3 Å². The van der Waals surface area contributed by atoms with Gasteiger partial charge in [0.25, 0.3) is 0 Å². The van der Waals surface area contributed by atoms with E-state index in [4.69, 9.17) is 0 Å². The lowest BCUT2D eigenvalue weighted by Crippen LogP contribution is -2.48. The first-order chi connectivity index (χ1) is 20.8. The number of quaternary nitrogens is 1. The average Bonchev–Trinajstić information content (AvgIpc) is 3.05. The summed E-state index contributed by atoms with van der Waals surface area (Å²) in [6.07, 6.45) is 20.8. The fraction of sp³-hybridized carbons (Fsp3) is 0.857. The van der Waals surface area contributed by atoms with Crippen molar-refractivity contribution in [2.75, 3.05) is 19.6 Å². The third-order valence-electron chi connectivity index (χ3n) is 12.3. The van der Waals surface area contributed by atoms with E-state index in [0.717, 1.165) is 40.0 Å². The molecule has 1 nitrogen and oxygen atoms in total. The Kier molecular flexibility index (Phi) is 21.2. The zero-order valence-corrected chi connectivity index (χ0v) is 31.5. The molecule has 0 aliphatic heterocycles. The molecule has 0 heterocycles. The van der Waals surface area contributed by atoms with Crippen LogP contribution in [0.3, 0.4) is 0 Å². The summed E-state index contributed by atoms with van der Waals surface area (Å²) < 4.78 is 1.10. The van der Waals surface area contributed by atoms with Crippen molar-refractivity contribution in [2.45, 2.75) is 178 Å². The normalized spacial score (nSPS) is 15.4. The van der Waals surface area contributed by atoms with Crippen LogP contribution in [0.5, 0.6) is 0 Å². The van der Waals surface area contributed by atoms with Crippen molar-refractivity contribution in [3.63, 3.8) is 0 Å². The molecule has 0 saturated heterocycles. The Bertz CT molecular complexity index is 746. The number of hydrogen-bond acceptors (Lipinski definition) is 0. The van der Waals surface area contributed by atoms with E-state index >= 15 is 0 Å². The fourth-order valence-corrected chi connectivity index (χ4v) is 8.73. The maximum atomic E-state index is 2.52. The van der Waals surface area contributed by atoms with Gasteiger partial charge in [-0.15, -0.1) is 0 Å². The lowest BCUT2D eigenvalue weighted by atomic mass is 9.72. The summed E-state index contributed by atoms with van der Waals surface area (Å²) in [7, 11) is 0. The van der Waals surface area contributed by atoms with Gasteiger partial charge >= 0.3 is 0 Å². The lowest BCUT2D eigenvalue weighted by molar-refractivity contribution is 0.196. The minimum atomic E-state index is 0.683. The Morgan fingerprint density at radius 3 is 1.21 bits per heavy atom. The molecule has 0 bridgehead atoms. The summed E-state index contributed by atoms with van der Waals surface area (Å²) in [5.41, 5.74) is 3.10. The summed E-state index contributed by atoms with van der Waals surface area (Å²) in [6, 6.07) is 10.0. The summed E-state index contributed by atoms with van der Waals surface area (Å²) in [6.45, 7) is 30.1. The molecule has 4 unspecified atom stereocenters. The highest BCUT2D eigenvalue weighted by atomic mass is 15.3. The average molecular weight is 599 g/mol. The first-order valence-electron chi connectivity index (χ1n) is 19.7. The van der Waals surface area contributed by atoms with E-state index < -0.39 is 0 Å². The molecule has 4 atom stereocenters. The molecule has 0 saturated carbocycles. The predicted molar refractivity (Wildman–Crippen MR) is 198 cm³/mol. The first kappa shape index (κ1) is 40.2. The van der Waals surface area contributed by atoms with E-state index in [9.17, 15) is 0 Å². The molecule has 1 aromatic carbocycles. The second kappa shape index (κ2) is 22.6. The second-order valence-corrected chi connectivity index (χ2v) is 14.6. The second-order valence-electron chi connectivity index (χ2n) is 14.6. The van der Waals surface area contributed by atoms with E-state index in [1.54, 1.807) is 5.56 Å². The molecule has 1 aromatic rings. The Morgan fingerprint density at radius 2 is 0.814 bits per heavy atom. The van der Waals surface area contributed by atoms with Crippen LogP contribution in [0.4, 0.5) is 5.69 Å². The molecule has 1 heteroatoms. The maximum absolute atomic E-state index is 2.52. The van der Waals surface area contributed by atoms with Gasteiger partial charge in [-0.3, -0.25) is 4.48 Å². The van der Waals surface area contributed by atoms with Crippen LogP contribution in [0, 0.1) is 35.5 Å². The van der Waals surface area contributed by atoms with E-state index in [0.29, 0.717) is 5.92 Å². The van der Waals surface area contributed by atoms with Crippen LogP contribution in [0.2, 0.25) is 0 Å². The zero-order valence-electron chi connectivity index (χ0n) is 31.5. The highest BCUT2D eigenvalue weighted by Gasteiger charge is 2.28. The highest BCUT2D eigenvalue weighted by molar-refractivity contribution is 5.45. The minimum absolute atomic E-state index is 0.683. The molecule has 0 aliphatic carbocycles. The van der Waals surface area contributed by atoms with Crippen molar-refractivity contribution in [1.29, 1.82) is 0 Å². The Morgan fingerprint density at radius 1 is 0.419 bits per heavy atom. The van der Waals surface area contributed by atoms with Gasteiger partial charge in [-0.05, 0) is 125 Å². The number of hydrogen-bond donors (Lipinski definition) is 0. The van der Waals surface area contributed by atoms with Crippen LogP contribution in [-0.4, -0.2) is 19.6 Å². The highest BCUT2D eigenvalue weighted by Crippen LogP contribution is 2.40. The van der Waals surface area contributed by atoms with Crippen molar-refractivity contribution in [3.05, 3.63) is 29.8 Å². The summed E-state index contributed by atoms with van der Waals surface area (Å²) in [5, 5.41) is 0. The first-order valence-corrected chi connectivity index (χ1v) is 19.7. The Labute approximate surface area is 273 Å². The van der Waals surface area contributed by atoms with Crippen molar-refractivity contribution >= 4 is 5.69 Å². The van der Waals surface area contributed by atoms with Crippen molar-refractivity contribution < 1.29 is 0 Å². The van der Waals surface area contributed by atoms with Gasteiger partial charge in [-0.2, -0.15) is 0 Å². The molecule has 0 amide bonds. The standard InChI is InChI=1S/C42H80N/c1-12-23-36(17-6)30-37(18-7)31-39(32-38(28-34(13-2)14-3)29-35(15-4)16-5)33-40(19-8)41-24-26-42(27-25-41)43(20-9,21-10)22-11/h24-27,34-40H,12-23,28-33H2,1-11H3/q+1. The van der Waals surface area contributed by atoms with Crippen LogP contribution in [-0.2, 0) is 0 Å². The SMILES string of the molecule is CCCC(CC)CC(CC)CC(CC(CC(CC)CC)CC(CC)CC)CC(CC)c1ccc([N+](CC)(CC)CC)cc1. The summed E-state index contributed by atoms with van der Waals surface area (Å²) in [5.74, 6) is 6.04. The fourth-order valence-electron chi connectivity index (χ4n) is 8.73. The van der Waals surface area contributed by atoms with Crippen LogP contribution < -0.4 is 4.48 Å². The molecule has 43 heavy (non-hydrogen) atoms. The summed E-state index contributed by atoms with van der Waals surface area (Å²) >= 11 is 0. The lowest BCUT2D eigenvalue weighted by Gasteiger charge is -2.36. The van der Waals surface area contributed by atoms with E-state index in [1.165, 1.54) is 122 Å². The molecule has 0 aliphatic rings. The van der Waals surface area contributed by atoms with Crippen LogP contribution in [0.1, 0.15) is 184 Å². The Balaban J connectivity index is 3.36. The van der Waals surface area contributed by atoms with Gasteiger partial charge in [0.2, 0.25) is 0 Å². The van der Waals surface area contributed by atoms with Crippen molar-refractivity contribution in [1.82, 2.24) is 4.48 Å². The van der Waals surface area contributed by atoms with Gasteiger partial charge < -0.3 is 0 Å². The molecule has 1 rings (SSSR count). The molecule has 252 valence electrons. The monoisotopic (exact) mass is 599 g/mol. The van der Waals surface area contributed by atoms with Crippen molar-refractivity contribution in [2.24, 2.45) is 35.5 Å². The predicted octanol–water partition coefficient (Wildman–Crippen LogP) is 13.8. The smallest absolute Gasteiger partial charge is 0.132 e. The number of benzene rings is 1. The third kappa shape index (κ3) is 13.2. The maximum Gasteiger partial charge on any atom is 0.132 e. The largest absolute Gasteiger partial charge is 0.292 e. The minimum Gasteiger partial charge on any atom is -0.292 e. The zero-order chi connectivity index (χ0) is 32.3. The molecule has 0 fully saturated rings. The van der Waals surface area contributed by atoms with Gasteiger partial charge in [-0.25, -0.2) is 0 Å². The Hall–Kier alpha value is -0.820. The molecule has 0 N–H and O–H groups in total. The van der Waals surface area contributed by atoms with Crippen molar-refractivity contribution in [3.8, 4) is 0 Å². The third-order valence-corrected chi connectivity index (χ3v) is 12.3. The van der Waals surface area contributed by atoms with Gasteiger partial charge in [0, 0.05) is 0 Å². The molecular formula is C42H80N+. The molecular weight excluding hydrogens is 518 g/mol.